The number of furan rings is 1. The number of hydrogen-bond donors (Lipinski definition) is 1. The van der Waals surface area contributed by atoms with Crippen LogP contribution in [0.1, 0.15) is 34.1 Å². The van der Waals surface area contributed by atoms with E-state index in [1.165, 1.54) is 22.3 Å². The van der Waals surface area contributed by atoms with Crippen molar-refractivity contribution >= 4 is 11.8 Å². The van der Waals surface area contributed by atoms with Crippen molar-refractivity contribution in [2.45, 2.75) is 32.6 Å². The van der Waals surface area contributed by atoms with Crippen LogP contribution in [0, 0.1) is 20.8 Å². The van der Waals surface area contributed by atoms with Crippen molar-refractivity contribution in [3.05, 3.63) is 58.5 Å². The predicted molar refractivity (Wildman–Crippen MR) is 87.3 cm³/mol. The molecule has 0 saturated heterocycles. The van der Waals surface area contributed by atoms with E-state index in [4.69, 9.17) is 4.42 Å². The minimum absolute atomic E-state index is 0.385. The molecular formula is C17H23NOS. The molecule has 0 saturated carbocycles. The normalized spacial score (nSPS) is 12.6. The van der Waals surface area contributed by atoms with Crippen LogP contribution in [0.5, 0.6) is 0 Å². The van der Waals surface area contributed by atoms with E-state index in [1.54, 1.807) is 6.26 Å². The minimum Gasteiger partial charge on any atom is -0.468 e. The van der Waals surface area contributed by atoms with E-state index in [1.807, 2.05) is 30.9 Å². The van der Waals surface area contributed by atoms with Crippen LogP contribution < -0.4 is 5.32 Å². The molecule has 0 spiro atoms. The molecule has 1 unspecified atom stereocenters. The average Bonchev–Trinajstić information content (AvgIpc) is 2.88. The molecule has 2 nitrogen and oxygen atoms in total. The highest BCUT2D eigenvalue weighted by Gasteiger charge is 2.15. The number of thioether (sulfide) groups is 1. The smallest absolute Gasteiger partial charge is 0.113 e. The highest BCUT2D eigenvalue weighted by molar-refractivity contribution is 7.98. The van der Waals surface area contributed by atoms with E-state index < -0.39 is 0 Å². The lowest BCUT2D eigenvalue weighted by Gasteiger charge is -2.21. The standard InChI is InChI=1S/C17H23NOS/c1-12-8-13(2)17(14(3)9-12)16(18-4)11-20-10-15-6-5-7-19-15/h5-9,16,18H,10-11H2,1-4H3. The molecule has 0 bridgehead atoms. The summed E-state index contributed by atoms with van der Waals surface area (Å²) in [6, 6.07) is 8.90. The second kappa shape index (κ2) is 7.00. The van der Waals surface area contributed by atoms with Crippen LogP contribution in [-0.2, 0) is 5.75 Å². The molecule has 20 heavy (non-hydrogen) atoms. The lowest BCUT2D eigenvalue weighted by atomic mass is 9.95. The van der Waals surface area contributed by atoms with Crippen LogP contribution in [0.15, 0.2) is 34.9 Å². The SMILES string of the molecule is CNC(CSCc1ccco1)c1c(C)cc(C)cc1C. The Hall–Kier alpha value is -1.19. The summed E-state index contributed by atoms with van der Waals surface area (Å²) in [5.41, 5.74) is 5.52. The molecule has 2 rings (SSSR count). The molecule has 1 aromatic carbocycles. The first-order valence-electron chi connectivity index (χ1n) is 6.97. The molecule has 2 aromatic rings. The van der Waals surface area contributed by atoms with Gasteiger partial charge in [0.25, 0.3) is 0 Å². The Morgan fingerprint density at radius 1 is 1.20 bits per heavy atom. The summed E-state index contributed by atoms with van der Waals surface area (Å²) in [4.78, 5) is 0. The van der Waals surface area contributed by atoms with Crippen LogP contribution >= 0.6 is 11.8 Å². The molecule has 108 valence electrons. The van der Waals surface area contributed by atoms with Gasteiger partial charge in [0.15, 0.2) is 0 Å². The molecule has 1 N–H and O–H groups in total. The monoisotopic (exact) mass is 289 g/mol. The third kappa shape index (κ3) is 3.68. The lowest BCUT2D eigenvalue weighted by Crippen LogP contribution is -2.21. The van der Waals surface area contributed by atoms with Crippen molar-refractivity contribution in [3.8, 4) is 0 Å². The Bertz CT molecular complexity index is 525. The summed E-state index contributed by atoms with van der Waals surface area (Å²) in [6.07, 6.45) is 1.74. The Balaban J connectivity index is 2.04. The number of hydrogen-bond acceptors (Lipinski definition) is 3. The highest BCUT2D eigenvalue weighted by atomic mass is 32.2. The fourth-order valence-electron chi connectivity index (χ4n) is 2.72. The molecular weight excluding hydrogens is 266 g/mol. The first kappa shape index (κ1) is 15.2. The predicted octanol–water partition coefficient (Wildman–Crippen LogP) is 4.40. The van der Waals surface area contributed by atoms with E-state index in [0.717, 1.165) is 17.3 Å². The summed E-state index contributed by atoms with van der Waals surface area (Å²) in [5, 5.41) is 3.45. The van der Waals surface area contributed by atoms with E-state index in [-0.39, 0.29) is 0 Å². The summed E-state index contributed by atoms with van der Waals surface area (Å²) < 4.78 is 5.38. The lowest BCUT2D eigenvalue weighted by molar-refractivity contribution is 0.530. The van der Waals surface area contributed by atoms with Crippen molar-refractivity contribution in [1.82, 2.24) is 5.32 Å². The van der Waals surface area contributed by atoms with Gasteiger partial charge in [-0.05, 0) is 56.6 Å². The molecule has 0 radical (unpaired) electrons. The summed E-state index contributed by atoms with van der Waals surface area (Å²) in [6.45, 7) is 6.57. The zero-order valence-corrected chi connectivity index (χ0v) is 13.5. The van der Waals surface area contributed by atoms with Gasteiger partial charge in [0, 0.05) is 11.8 Å². The van der Waals surface area contributed by atoms with Gasteiger partial charge >= 0.3 is 0 Å². The molecule has 3 heteroatoms. The maximum absolute atomic E-state index is 5.38. The van der Waals surface area contributed by atoms with Gasteiger partial charge in [-0.15, -0.1) is 0 Å². The summed E-state index contributed by atoms with van der Waals surface area (Å²) in [7, 11) is 2.04. The first-order chi connectivity index (χ1) is 9.61. The molecule has 1 atom stereocenters. The number of aryl methyl sites for hydroxylation is 3. The third-order valence-corrected chi connectivity index (χ3v) is 4.60. The van der Waals surface area contributed by atoms with Crippen LogP contribution in [0.25, 0.3) is 0 Å². The second-order valence-corrected chi connectivity index (χ2v) is 6.28. The Labute approximate surface area is 126 Å². The van der Waals surface area contributed by atoms with Crippen LogP contribution in [-0.4, -0.2) is 12.8 Å². The van der Waals surface area contributed by atoms with Crippen LogP contribution in [0.4, 0.5) is 0 Å². The van der Waals surface area contributed by atoms with Gasteiger partial charge in [-0.2, -0.15) is 11.8 Å². The van der Waals surface area contributed by atoms with Crippen molar-refractivity contribution in [2.75, 3.05) is 12.8 Å². The molecule has 0 aliphatic heterocycles. The molecule has 0 aliphatic carbocycles. The Kier molecular flexibility index (Phi) is 5.32. The van der Waals surface area contributed by atoms with Gasteiger partial charge in [0.2, 0.25) is 0 Å². The molecule has 1 heterocycles. The van der Waals surface area contributed by atoms with Crippen molar-refractivity contribution < 1.29 is 4.42 Å². The topological polar surface area (TPSA) is 25.2 Å². The number of nitrogens with one attached hydrogen (secondary N) is 1. The minimum atomic E-state index is 0.385. The Morgan fingerprint density at radius 2 is 1.90 bits per heavy atom. The summed E-state index contributed by atoms with van der Waals surface area (Å²) in [5.74, 6) is 3.01. The van der Waals surface area contributed by atoms with E-state index in [2.05, 4.69) is 38.2 Å². The van der Waals surface area contributed by atoms with E-state index in [9.17, 15) is 0 Å². The van der Waals surface area contributed by atoms with Gasteiger partial charge in [0.1, 0.15) is 5.76 Å². The first-order valence-corrected chi connectivity index (χ1v) is 8.12. The van der Waals surface area contributed by atoms with Crippen molar-refractivity contribution in [3.63, 3.8) is 0 Å². The van der Waals surface area contributed by atoms with Crippen LogP contribution in [0.3, 0.4) is 0 Å². The van der Waals surface area contributed by atoms with Gasteiger partial charge in [-0.3, -0.25) is 0 Å². The number of benzene rings is 1. The van der Waals surface area contributed by atoms with Gasteiger partial charge < -0.3 is 9.73 Å². The fraction of sp³-hybridized carbons (Fsp3) is 0.412. The van der Waals surface area contributed by atoms with Crippen molar-refractivity contribution in [2.24, 2.45) is 0 Å². The van der Waals surface area contributed by atoms with Crippen LogP contribution in [0.2, 0.25) is 0 Å². The largest absolute Gasteiger partial charge is 0.468 e. The fourth-order valence-corrected chi connectivity index (χ4v) is 3.78. The molecule has 1 aromatic heterocycles. The third-order valence-electron chi connectivity index (χ3n) is 3.54. The zero-order valence-electron chi connectivity index (χ0n) is 12.7. The molecule has 0 fully saturated rings. The maximum Gasteiger partial charge on any atom is 0.113 e. The molecule has 0 aliphatic rings. The average molecular weight is 289 g/mol. The van der Waals surface area contributed by atoms with Gasteiger partial charge in [0.05, 0.1) is 12.0 Å². The van der Waals surface area contributed by atoms with Gasteiger partial charge in [-0.25, -0.2) is 0 Å². The Morgan fingerprint density at radius 3 is 2.45 bits per heavy atom. The summed E-state index contributed by atoms with van der Waals surface area (Å²) >= 11 is 1.90. The number of rotatable bonds is 6. The highest BCUT2D eigenvalue weighted by Crippen LogP contribution is 2.27. The van der Waals surface area contributed by atoms with Gasteiger partial charge in [-0.1, -0.05) is 17.7 Å². The molecule has 0 amide bonds. The quantitative estimate of drug-likeness (QED) is 0.853. The van der Waals surface area contributed by atoms with E-state index in [0.29, 0.717) is 6.04 Å². The second-order valence-electron chi connectivity index (χ2n) is 5.25. The van der Waals surface area contributed by atoms with E-state index >= 15 is 0 Å². The van der Waals surface area contributed by atoms with Crippen molar-refractivity contribution in [1.29, 1.82) is 0 Å². The zero-order chi connectivity index (χ0) is 14.5. The maximum atomic E-state index is 5.38.